The molecular formula is C15H25NO3. The molecule has 0 aromatic carbocycles. The second-order valence-corrected chi connectivity index (χ2v) is 6.36. The maximum atomic E-state index is 12.2. The maximum Gasteiger partial charge on any atom is 0.307 e. The average molecular weight is 267 g/mol. The molecule has 1 aliphatic rings. The van der Waals surface area contributed by atoms with E-state index in [1.54, 1.807) is 0 Å². The van der Waals surface area contributed by atoms with Crippen molar-refractivity contribution in [1.82, 2.24) is 5.32 Å². The van der Waals surface area contributed by atoms with Crippen LogP contribution in [0.25, 0.3) is 0 Å². The second-order valence-electron chi connectivity index (χ2n) is 6.36. The molecular weight excluding hydrogens is 242 g/mol. The fourth-order valence-corrected chi connectivity index (χ4v) is 2.03. The summed E-state index contributed by atoms with van der Waals surface area (Å²) in [7, 11) is 0. The topological polar surface area (TPSA) is 66.4 Å². The average Bonchev–Trinajstić information content (AvgIpc) is 2.35. The monoisotopic (exact) mass is 267 g/mol. The molecule has 0 spiro atoms. The highest BCUT2D eigenvalue weighted by Gasteiger charge is 2.34. The van der Waals surface area contributed by atoms with Gasteiger partial charge >= 0.3 is 5.97 Å². The summed E-state index contributed by atoms with van der Waals surface area (Å²) in [5.41, 5.74) is 0.0128. The van der Waals surface area contributed by atoms with Gasteiger partial charge in [-0.3, -0.25) is 9.59 Å². The normalized spacial score (nSPS) is 23.4. The van der Waals surface area contributed by atoms with Crippen LogP contribution >= 0.6 is 0 Å². The van der Waals surface area contributed by atoms with E-state index in [9.17, 15) is 9.59 Å². The van der Waals surface area contributed by atoms with Crippen LogP contribution < -0.4 is 5.32 Å². The minimum atomic E-state index is -0.882. The Hall–Kier alpha value is -1.32. The lowest BCUT2D eigenvalue weighted by atomic mass is 9.80. The predicted molar refractivity (Wildman–Crippen MR) is 74.6 cm³/mol. The van der Waals surface area contributed by atoms with Gasteiger partial charge in [-0.15, -0.1) is 0 Å². The molecule has 2 N–H and O–H groups in total. The van der Waals surface area contributed by atoms with Crippen molar-refractivity contribution in [3.05, 3.63) is 12.2 Å². The molecule has 19 heavy (non-hydrogen) atoms. The highest BCUT2D eigenvalue weighted by atomic mass is 16.4. The number of hydrogen-bond acceptors (Lipinski definition) is 2. The number of aliphatic carboxylic acids is 1. The van der Waals surface area contributed by atoms with Crippen molar-refractivity contribution in [3.8, 4) is 0 Å². The first-order valence-corrected chi connectivity index (χ1v) is 6.91. The van der Waals surface area contributed by atoms with Gasteiger partial charge in [0.25, 0.3) is 0 Å². The number of rotatable bonds is 5. The van der Waals surface area contributed by atoms with Crippen LogP contribution in [0.1, 0.15) is 40.5 Å². The van der Waals surface area contributed by atoms with Gasteiger partial charge in [0.1, 0.15) is 0 Å². The van der Waals surface area contributed by atoms with Crippen LogP contribution in [0, 0.1) is 23.2 Å². The molecule has 0 heterocycles. The number of carboxylic acids is 1. The number of carbonyl (C=O) groups is 2. The molecule has 1 rings (SSSR count). The van der Waals surface area contributed by atoms with Crippen molar-refractivity contribution in [2.75, 3.05) is 6.54 Å². The minimum absolute atomic E-state index is 0.0128. The first-order valence-electron chi connectivity index (χ1n) is 6.91. The summed E-state index contributed by atoms with van der Waals surface area (Å²) in [5, 5.41) is 12.1. The third kappa shape index (κ3) is 4.08. The standard InChI is InChI=1S/C15H25NO3/c1-10(2)15(3,4)9-16-13(17)11-7-5-6-8-12(11)14(18)19/h5-6,10-12H,7-9H2,1-4H3,(H,16,17)(H,18,19)/t11-,12+/m1/s1. The van der Waals surface area contributed by atoms with Gasteiger partial charge in [-0.2, -0.15) is 0 Å². The molecule has 0 aromatic heterocycles. The van der Waals surface area contributed by atoms with Crippen LogP contribution in [0.2, 0.25) is 0 Å². The SMILES string of the molecule is CC(C)C(C)(C)CNC(=O)[C@@H]1CC=CC[C@@H]1C(=O)O. The summed E-state index contributed by atoms with van der Waals surface area (Å²) in [4.78, 5) is 23.3. The van der Waals surface area contributed by atoms with Crippen LogP contribution in [0.4, 0.5) is 0 Å². The summed E-state index contributed by atoms with van der Waals surface area (Å²) < 4.78 is 0. The first kappa shape index (κ1) is 15.7. The van der Waals surface area contributed by atoms with Gasteiger partial charge in [0.2, 0.25) is 5.91 Å². The number of amides is 1. The van der Waals surface area contributed by atoms with E-state index in [-0.39, 0.29) is 11.3 Å². The molecule has 0 aliphatic heterocycles. The number of carboxylic acid groups (broad SMARTS) is 1. The summed E-state index contributed by atoms with van der Waals surface area (Å²) >= 11 is 0. The van der Waals surface area contributed by atoms with E-state index < -0.39 is 17.8 Å². The first-order chi connectivity index (χ1) is 8.75. The number of allylic oxidation sites excluding steroid dienone is 2. The van der Waals surface area contributed by atoms with E-state index >= 15 is 0 Å². The molecule has 4 heteroatoms. The molecule has 2 atom stereocenters. The van der Waals surface area contributed by atoms with Crippen LogP contribution in [0.3, 0.4) is 0 Å². The fraction of sp³-hybridized carbons (Fsp3) is 0.733. The van der Waals surface area contributed by atoms with Crippen molar-refractivity contribution in [2.45, 2.75) is 40.5 Å². The highest BCUT2D eigenvalue weighted by molar-refractivity contribution is 5.85. The van der Waals surface area contributed by atoms with Crippen LogP contribution in [0.5, 0.6) is 0 Å². The van der Waals surface area contributed by atoms with Gasteiger partial charge in [-0.1, -0.05) is 39.8 Å². The molecule has 0 radical (unpaired) electrons. The van der Waals surface area contributed by atoms with Gasteiger partial charge in [-0.05, 0) is 24.2 Å². The number of nitrogens with one attached hydrogen (secondary N) is 1. The van der Waals surface area contributed by atoms with Crippen molar-refractivity contribution >= 4 is 11.9 Å². The van der Waals surface area contributed by atoms with E-state index in [1.165, 1.54) is 0 Å². The molecule has 0 aromatic rings. The Morgan fingerprint density at radius 3 is 2.26 bits per heavy atom. The van der Waals surface area contributed by atoms with E-state index in [2.05, 4.69) is 33.0 Å². The highest BCUT2D eigenvalue weighted by Crippen LogP contribution is 2.28. The predicted octanol–water partition coefficient (Wildman–Crippen LogP) is 2.45. The van der Waals surface area contributed by atoms with E-state index in [0.717, 1.165) is 0 Å². The largest absolute Gasteiger partial charge is 0.481 e. The Balaban J connectivity index is 2.62. The molecule has 1 aliphatic carbocycles. The van der Waals surface area contributed by atoms with Crippen molar-refractivity contribution < 1.29 is 14.7 Å². The number of carbonyl (C=O) groups excluding carboxylic acids is 1. The quantitative estimate of drug-likeness (QED) is 0.752. The van der Waals surface area contributed by atoms with Gasteiger partial charge in [-0.25, -0.2) is 0 Å². The molecule has 0 bridgehead atoms. The molecule has 0 saturated carbocycles. The Morgan fingerprint density at radius 1 is 1.26 bits per heavy atom. The zero-order valence-electron chi connectivity index (χ0n) is 12.3. The van der Waals surface area contributed by atoms with Gasteiger partial charge in [0.15, 0.2) is 0 Å². The van der Waals surface area contributed by atoms with Crippen molar-refractivity contribution in [1.29, 1.82) is 0 Å². The molecule has 0 fully saturated rings. The Labute approximate surface area is 115 Å². The second kappa shape index (κ2) is 6.22. The molecule has 108 valence electrons. The van der Waals surface area contributed by atoms with Crippen LogP contribution in [-0.4, -0.2) is 23.5 Å². The lowest BCUT2D eigenvalue weighted by molar-refractivity contribution is -0.147. The van der Waals surface area contributed by atoms with Crippen molar-refractivity contribution in [2.24, 2.45) is 23.2 Å². The van der Waals surface area contributed by atoms with Crippen LogP contribution in [0.15, 0.2) is 12.2 Å². The van der Waals surface area contributed by atoms with Crippen LogP contribution in [-0.2, 0) is 9.59 Å². The summed E-state index contributed by atoms with van der Waals surface area (Å²) in [5.74, 6) is -1.59. The minimum Gasteiger partial charge on any atom is -0.481 e. The maximum absolute atomic E-state index is 12.2. The molecule has 0 unspecified atom stereocenters. The lowest BCUT2D eigenvalue weighted by Crippen LogP contribution is -2.43. The van der Waals surface area contributed by atoms with Crippen molar-refractivity contribution in [3.63, 3.8) is 0 Å². The zero-order chi connectivity index (χ0) is 14.6. The zero-order valence-corrected chi connectivity index (χ0v) is 12.3. The fourth-order valence-electron chi connectivity index (χ4n) is 2.03. The van der Waals surface area contributed by atoms with Gasteiger partial charge < -0.3 is 10.4 Å². The smallest absolute Gasteiger partial charge is 0.307 e. The third-order valence-corrected chi connectivity index (χ3v) is 4.37. The number of hydrogen-bond donors (Lipinski definition) is 2. The van der Waals surface area contributed by atoms with Gasteiger partial charge in [0.05, 0.1) is 11.8 Å². The molecule has 0 saturated heterocycles. The van der Waals surface area contributed by atoms with E-state index in [0.29, 0.717) is 25.3 Å². The molecule has 1 amide bonds. The van der Waals surface area contributed by atoms with Gasteiger partial charge in [0, 0.05) is 6.54 Å². The summed E-state index contributed by atoms with van der Waals surface area (Å²) in [6.45, 7) is 9.03. The van der Waals surface area contributed by atoms with E-state index in [4.69, 9.17) is 5.11 Å². The Morgan fingerprint density at radius 2 is 1.79 bits per heavy atom. The van der Waals surface area contributed by atoms with E-state index in [1.807, 2.05) is 12.2 Å². The lowest BCUT2D eigenvalue weighted by Gasteiger charge is -2.31. The molecule has 4 nitrogen and oxygen atoms in total. The summed E-state index contributed by atoms with van der Waals surface area (Å²) in [6.07, 6.45) is 4.71. The Kier molecular flexibility index (Phi) is 5.15. The third-order valence-electron chi connectivity index (χ3n) is 4.37. The summed E-state index contributed by atoms with van der Waals surface area (Å²) in [6, 6.07) is 0. The Bertz CT molecular complexity index is 372.